The van der Waals surface area contributed by atoms with E-state index < -0.39 is 5.97 Å². The van der Waals surface area contributed by atoms with Crippen molar-refractivity contribution >= 4 is 18.0 Å². The van der Waals surface area contributed by atoms with Crippen LogP contribution in [0.3, 0.4) is 0 Å². The molecule has 1 fully saturated rings. The molecule has 6 heteroatoms. The third-order valence-electron chi connectivity index (χ3n) is 4.77. The number of nitrogens with one attached hydrogen (secondary N) is 1. The Labute approximate surface area is 157 Å². The van der Waals surface area contributed by atoms with Crippen molar-refractivity contribution in [2.24, 2.45) is 0 Å². The lowest BCUT2D eigenvalue weighted by atomic mass is 9.95. The molecule has 27 heavy (non-hydrogen) atoms. The number of benzene rings is 1. The van der Waals surface area contributed by atoms with Crippen molar-refractivity contribution in [2.45, 2.75) is 38.1 Å². The van der Waals surface area contributed by atoms with Gasteiger partial charge in [-0.2, -0.15) is 5.26 Å². The van der Waals surface area contributed by atoms with Gasteiger partial charge in [0.1, 0.15) is 11.6 Å². The molecular formula is C21H21N3O3. The number of hydrogen-bond donors (Lipinski definition) is 2. The Balaban J connectivity index is 1.81. The lowest BCUT2D eigenvalue weighted by Crippen LogP contribution is -2.36. The summed E-state index contributed by atoms with van der Waals surface area (Å²) >= 11 is 0. The van der Waals surface area contributed by atoms with E-state index in [0.717, 1.165) is 31.4 Å². The highest BCUT2D eigenvalue weighted by molar-refractivity contribution is 6.01. The molecule has 1 aliphatic rings. The second-order valence-corrected chi connectivity index (χ2v) is 6.63. The van der Waals surface area contributed by atoms with Gasteiger partial charge in [-0.3, -0.25) is 4.79 Å². The van der Waals surface area contributed by atoms with Gasteiger partial charge in [-0.1, -0.05) is 19.3 Å². The van der Waals surface area contributed by atoms with Crippen molar-refractivity contribution in [3.8, 4) is 11.8 Å². The van der Waals surface area contributed by atoms with Crippen LogP contribution in [0.25, 0.3) is 11.8 Å². The first-order valence-electron chi connectivity index (χ1n) is 9.02. The molecule has 1 saturated carbocycles. The summed E-state index contributed by atoms with van der Waals surface area (Å²) in [5.74, 6) is -1.33. The van der Waals surface area contributed by atoms with Gasteiger partial charge in [-0.25, -0.2) is 4.79 Å². The molecule has 138 valence electrons. The average molecular weight is 363 g/mol. The number of aromatic carboxylic acids is 1. The second-order valence-electron chi connectivity index (χ2n) is 6.63. The maximum Gasteiger partial charge on any atom is 0.335 e. The van der Waals surface area contributed by atoms with Crippen molar-refractivity contribution in [3.05, 3.63) is 59.4 Å². The molecule has 0 bridgehead atoms. The first kappa shape index (κ1) is 18.5. The van der Waals surface area contributed by atoms with Gasteiger partial charge in [0.2, 0.25) is 0 Å². The molecule has 1 aliphatic carbocycles. The molecule has 0 unspecified atom stereocenters. The van der Waals surface area contributed by atoms with Gasteiger partial charge in [-0.15, -0.1) is 0 Å². The van der Waals surface area contributed by atoms with Gasteiger partial charge in [0.05, 0.1) is 5.56 Å². The summed E-state index contributed by atoms with van der Waals surface area (Å²) in [6.07, 6.45) is 8.67. The number of amides is 1. The third-order valence-corrected chi connectivity index (χ3v) is 4.77. The lowest BCUT2D eigenvalue weighted by Gasteiger charge is -2.22. The van der Waals surface area contributed by atoms with Crippen LogP contribution >= 0.6 is 0 Å². The number of carbonyl (C=O) groups excluding carboxylic acids is 1. The zero-order valence-corrected chi connectivity index (χ0v) is 14.9. The van der Waals surface area contributed by atoms with E-state index in [1.165, 1.54) is 18.6 Å². The Kier molecular flexibility index (Phi) is 5.72. The minimum absolute atomic E-state index is 0.0580. The quantitative estimate of drug-likeness (QED) is 0.627. The summed E-state index contributed by atoms with van der Waals surface area (Å²) in [4.78, 5) is 23.5. The average Bonchev–Trinajstić information content (AvgIpc) is 3.15. The fourth-order valence-corrected chi connectivity index (χ4v) is 3.32. The molecule has 3 rings (SSSR count). The lowest BCUT2D eigenvalue weighted by molar-refractivity contribution is -0.117. The summed E-state index contributed by atoms with van der Waals surface area (Å²) in [7, 11) is 0. The number of carboxylic acid groups (broad SMARTS) is 1. The molecular weight excluding hydrogens is 342 g/mol. The zero-order valence-electron chi connectivity index (χ0n) is 14.9. The van der Waals surface area contributed by atoms with Gasteiger partial charge in [-0.05, 0) is 55.3 Å². The number of rotatable bonds is 5. The molecule has 1 aromatic heterocycles. The summed E-state index contributed by atoms with van der Waals surface area (Å²) in [5, 5.41) is 21.4. The van der Waals surface area contributed by atoms with Gasteiger partial charge in [0, 0.05) is 23.6 Å². The number of aromatic nitrogens is 1. The van der Waals surface area contributed by atoms with E-state index >= 15 is 0 Å². The van der Waals surface area contributed by atoms with Crippen LogP contribution in [-0.4, -0.2) is 27.6 Å². The van der Waals surface area contributed by atoms with Crippen LogP contribution in [0.1, 0.15) is 48.2 Å². The number of carboxylic acids is 1. The SMILES string of the molecule is N#C/C(=C/c1cccn1-c1ccc(C(=O)O)cc1)C(=O)NC1CCCCC1. The Morgan fingerprint density at radius 3 is 2.48 bits per heavy atom. The Morgan fingerprint density at radius 2 is 1.85 bits per heavy atom. The summed E-state index contributed by atoms with van der Waals surface area (Å²) in [5.41, 5.74) is 1.69. The summed E-state index contributed by atoms with van der Waals surface area (Å²) in [6.45, 7) is 0. The van der Waals surface area contributed by atoms with Gasteiger partial charge in [0.25, 0.3) is 5.91 Å². The Hall–Kier alpha value is -3.33. The van der Waals surface area contributed by atoms with Crippen LogP contribution in [-0.2, 0) is 4.79 Å². The van der Waals surface area contributed by atoms with Crippen LogP contribution in [0.2, 0.25) is 0 Å². The van der Waals surface area contributed by atoms with Gasteiger partial charge < -0.3 is 15.0 Å². The minimum atomic E-state index is -0.986. The summed E-state index contributed by atoms with van der Waals surface area (Å²) in [6, 6.07) is 12.2. The number of carbonyl (C=O) groups is 2. The van der Waals surface area contributed by atoms with Crippen LogP contribution in [0, 0.1) is 11.3 Å². The standard InChI is InChI=1S/C21H21N3O3/c22-14-16(20(25)23-17-5-2-1-3-6-17)13-19-7-4-12-24(19)18-10-8-15(9-11-18)21(26)27/h4,7-13,17H,1-3,5-6H2,(H,23,25)(H,26,27)/b16-13-. The highest BCUT2D eigenvalue weighted by atomic mass is 16.4. The van der Waals surface area contributed by atoms with Crippen LogP contribution in [0.5, 0.6) is 0 Å². The molecule has 0 atom stereocenters. The van der Waals surface area contributed by atoms with Crippen molar-refractivity contribution in [3.63, 3.8) is 0 Å². The molecule has 1 amide bonds. The number of nitrogens with zero attached hydrogens (tertiary/aromatic N) is 2. The van der Waals surface area contributed by atoms with E-state index in [1.54, 1.807) is 35.0 Å². The van der Waals surface area contributed by atoms with Gasteiger partial charge >= 0.3 is 5.97 Å². The van der Waals surface area contributed by atoms with Crippen LogP contribution in [0.15, 0.2) is 48.2 Å². The predicted octanol–water partition coefficient (Wildman–Crippen LogP) is 3.53. The molecule has 1 heterocycles. The maximum atomic E-state index is 12.5. The zero-order chi connectivity index (χ0) is 19.2. The predicted molar refractivity (Wildman–Crippen MR) is 101 cm³/mol. The van der Waals surface area contributed by atoms with Crippen LogP contribution in [0.4, 0.5) is 0 Å². The largest absolute Gasteiger partial charge is 0.478 e. The van der Waals surface area contributed by atoms with E-state index in [-0.39, 0.29) is 23.1 Å². The fourth-order valence-electron chi connectivity index (χ4n) is 3.32. The third kappa shape index (κ3) is 4.45. The number of nitriles is 1. The summed E-state index contributed by atoms with van der Waals surface area (Å²) < 4.78 is 1.80. The number of hydrogen-bond acceptors (Lipinski definition) is 3. The van der Waals surface area contributed by atoms with E-state index in [4.69, 9.17) is 5.11 Å². The molecule has 1 aromatic carbocycles. The second kappa shape index (κ2) is 8.37. The highest BCUT2D eigenvalue weighted by Crippen LogP contribution is 2.19. The van der Waals surface area contributed by atoms with Crippen molar-refractivity contribution < 1.29 is 14.7 Å². The Morgan fingerprint density at radius 1 is 1.15 bits per heavy atom. The van der Waals surface area contributed by atoms with Crippen molar-refractivity contribution in [1.82, 2.24) is 9.88 Å². The molecule has 0 spiro atoms. The smallest absolute Gasteiger partial charge is 0.335 e. The first-order valence-corrected chi connectivity index (χ1v) is 9.02. The molecule has 2 N–H and O–H groups in total. The van der Waals surface area contributed by atoms with Crippen LogP contribution < -0.4 is 5.32 Å². The monoisotopic (exact) mass is 363 g/mol. The highest BCUT2D eigenvalue weighted by Gasteiger charge is 2.18. The Bertz CT molecular complexity index is 897. The topological polar surface area (TPSA) is 95.1 Å². The van der Waals surface area contributed by atoms with Crippen molar-refractivity contribution in [1.29, 1.82) is 5.26 Å². The van der Waals surface area contributed by atoms with E-state index in [9.17, 15) is 14.9 Å². The maximum absolute atomic E-state index is 12.5. The van der Waals surface area contributed by atoms with E-state index in [2.05, 4.69) is 5.32 Å². The molecule has 2 aromatic rings. The van der Waals surface area contributed by atoms with E-state index in [1.807, 2.05) is 12.1 Å². The minimum Gasteiger partial charge on any atom is -0.478 e. The van der Waals surface area contributed by atoms with Crippen molar-refractivity contribution in [2.75, 3.05) is 0 Å². The van der Waals surface area contributed by atoms with Gasteiger partial charge in [0.15, 0.2) is 0 Å². The molecule has 0 saturated heterocycles. The molecule has 0 radical (unpaired) electrons. The molecule has 6 nitrogen and oxygen atoms in total. The van der Waals surface area contributed by atoms with E-state index in [0.29, 0.717) is 5.69 Å². The fraction of sp³-hybridized carbons (Fsp3) is 0.286. The molecule has 0 aliphatic heterocycles. The normalized spacial score (nSPS) is 15.1. The first-order chi connectivity index (χ1) is 13.1.